The first kappa shape index (κ1) is 16.4. The molecule has 1 N–H and O–H groups in total. The first-order valence-electron chi connectivity index (χ1n) is 7.67. The molecule has 0 spiro atoms. The molecule has 0 aliphatic rings. The predicted molar refractivity (Wildman–Crippen MR) is 91.1 cm³/mol. The molecule has 2 aromatic carbocycles. The van der Waals surface area contributed by atoms with Crippen LogP contribution >= 0.6 is 0 Å². The number of hydrogen-bond donors (Lipinski definition) is 1. The number of nitro benzene ring substituents is 1. The second-order valence-corrected chi connectivity index (χ2v) is 5.37. The van der Waals surface area contributed by atoms with Crippen LogP contribution in [0.1, 0.15) is 16.1 Å². The fraction of sp³-hybridized carbons (Fsp3) is 0.111. The van der Waals surface area contributed by atoms with Gasteiger partial charge in [0.15, 0.2) is 11.5 Å². The van der Waals surface area contributed by atoms with E-state index < -0.39 is 4.92 Å². The maximum Gasteiger partial charge on any atom is 0.273 e. The smallest absolute Gasteiger partial charge is 0.273 e. The van der Waals surface area contributed by atoms with Crippen LogP contribution in [0.2, 0.25) is 0 Å². The lowest BCUT2D eigenvalue weighted by Crippen LogP contribution is -2.25. The fourth-order valence-corrected chi connectivity index (χ4v) is 2.32. The molecule has 0 fully saturated rings. The first-order valence-corrected chi connectivity index (χ1v) is 7.67. The standard InChI is InChI=1S/C18H15N3O4/c22-18(16-12-17(25-20-16)14-4-2-1-3-5-14)19-11-10-13-6-8-15(9-7-13)21(23)24/h1-9,12H,10-11H2,(H,19,22). The number of amides is 1. The first-order chi connectivity index (χ1) is 12.1. The van der Waals surface area contributed by atoms with E-state index in [2.05, 4.69) is 10.5 Å². The third-order valence-electron chi connectivity index (χ3n) is 3.65. The van der Waals surface area contributed by atoms with Gasteiger partial charge in [0.2, 0.25) is 0 Å². The average Bonchev–Trinajstić information content (AvgIpc) is 3.13. The molecule has 126 valence electrons. The summed E-state index contributed by atoms with van der Waals surface area (Å²) in [5.74, 6) is 0.203. The van der Waals surface area contributed by atoms with Crippen LogP contribution < -0.4 is 5.32 Å². The van der Waals surface area contributed by atoms with Crippen LogP contribution in [0.3, 0.4) is 0 Å². The quantitative estimate of drug-likeness (QED) is 0.550. The van der Waals surface area contributed by atoms with E-state index in [1.807, 2.05) is 30.3 Å². The van der Waals surface area contributed by atoms with Gasteiger partial charge in [0.05, 0.1) is 4.92 Å². The van der Waals surface area contributed by atoms with E-state index in [0.717, 1.165) is 11.1 Å². The molecule has 1 heterocycles. The van der Waals surface area contributed by atoms with E-state index in [4.69, 9.17) is 4.52 Å². The normalized spacial score (nSPS) is 10.4. The van der Waals surface area contributed by atoms with Gasteiger partial charge in [-0.25, -0.2) is 0 Å². The number of nitrogens with zero attached hydrogens (tertiary/aromatic N) is 2. The molecule has 3 rings (SSSR count). The van der Waals surface area contributed by atoms with Crippen molar-refractivity contribution in [3.63, 3.8) is 0 Å². The highest BCUT2D eigenvalue weighted by Gasteiger charge is 2.13. The monoisotopic (exact) mass is 337 g/mol. The van der Waals surface area contributed by atoms with Gasteiger partial charge in [-0.15, -0.1) is 0 Å². The van der Waals surface area contributed by atoms with Crippen molar-refractivity contribution in [2.45, 2.75) is 6.42 Å². The molecule has 0 atom stereocenters. The number of carbonyl (C=O) groups is 1. The highest BCUT2D eigenvalue weighted by atomic mass is 16.6. The van der Waals surface area contributed by atoms with Crippen LogP contribution in [0.15, 0.2) is 65.2 Å². The number of hydrogen-bond acceptors (Lipinski definition) is 5. The molecule has 0 bridgehead atoms. The third kappa shape index (κ3) is 4.08. The van der Waals surface area contributed by atoms with E-state index >= 15 is 0 Å². The minimum Gasteiger partial charge on any atom is -0.355 e. The minimum absolute atomic E-state index is 0.0452. The summed E-state index contributed by atoms with van der Waals surface area (Å²) in [6.07, 6.45) is 0.563. The Bertz CT molecular complexity index is 873. The topological polar surface area (TPSA) is 98.3 Å². The van der Waals surface area contributed by atoms with Crippen LogP contribution in [0, 0.1) is 10.1 Å². The molecular weight excluding hydrogens is 322 g/mol. The molecule has 0 saturated carbocycles. The molecule has 1 amide bonds. The van der Waals surface area contributed by atoms with E-state index in [-0.39, 0.29) is 17.3 Å². The van der Waals surface area contributed by atoms with E-state index in [9.17, 15) is 14.9 Å². The summed E-state index contributed by atoms with van der Waals surface area (Å²) >= 11 is 0. The molecule has 7 nitrogen and oxygen atoms in total. The molecule has 0 radical (unpaired) electrons. The van der Waals surface area contributed by atoms with Crippen molar-refractivity contribution in [1.82, 2.24) is 10.5 Å². The Labute approximate surface area is 143 Å². The summed E-state index contributed by atoms with van der Waals surface area (Å²) < 4.78 is 5.20. The summed E-state index contributed by atoms with van der Waals surface area (Å²) in [6, 6.07) is 17.2. The van der Waals surface area contributed by atoms with Crippen molar-refractivity contribution in [2.24, 2.45) is 0 Å². The van der Waals surface area contributed by atoms with E-state index in [0.29, 0.717) is 18.7 Å². The molecule has 25 heavy (non-hydrogen) atoms. The molecule has 1 aromatic heterocycles. The Morgan fingerprint density at radius 1 is 1.12 bits per heavy atom. The van der Waals surface area contributed by atoms with Gasteiger partial charge in [0.1, 0.15) is 0 Å². The second kappa shape index (κ2) is 7.39. The van der Waals surface area contributed by atoms with Crippen molar-refractivity contribution < 1.29 is 14.2 Å². The third-order valence-corrected chi connectivity index (χ3v) is 3.65. The lowest BCUT2D eigenvalue weighted by atomic mass is 10.1. The highest BCUT2D eigenvalue weighted by molar-refractivity contribution is 5.93. The Kier molecular flexibility index (Phi) is 4.84. The summed E-state index contributed by atoms with van der Waals surface area (Å²) in [5, 5.41) is 17.2. The largest absolute Gasteiger partial charge is 0.355 e. The molecule has 3 aromatic rings. The zero-order valence-corrected chi connectivity index (χ0v) is 13.2. The Morgan fingerprint density at radius 2 is 1.84 bits per heavy atom. The van der Waals surface area contributed by atoms with Crippen molar-refractivity contribution in [1.29, 1.82) is 0 Å². The zero-order chi connectivity index (χ0) is 17.6. The van der Waals surface area contributed by atoms with Gasteiger partial charge >= 0.3 is 0 Å². The number of nitrogens with one attached hydrogen (secondary N) is 1. The van der Waals surface area contributed by atoms with Crippen LogP contribution in [0.4, 0.5) is 5.69 Å². The van der Waals surface area contributed by atoms with Crippen LogP contribution in [-0.4, -0.2) is 22.5 Å². The summed E-state index contributed by atoms with van der Waals surface area (Å²) in [5.41, 5.74) is 2.00. The SMILES string of the molecule is O=C(NCCc1ccc([N+](=O)[O-])cc1)c1cc(-c2ccccc2)on1. The Hall–Kier alpha value is -3.48. The van der Waals surface area contributed by atoms with Crippen molar-refractivity contribution in [3.05, 3.63) is 82.0 Å². The van der Waals surface area contributed by atoms with Gasteiger partial charge in [0.25, 0.3) is 11.6 Å². The van der Waals surface area contributed by atoms with Gasteiger partial charge in [0, 0.05) is 30.3 Å². The number of non-ortho nitro benzene ring substituents is 1. The number of carbonyl (C=O) groups excluding carboxylic acids is 1. The van der Waals surface area contributed by atoms with Crippen LogP contribution in [0.5, 0.6) is 0 Å². The fourth-order valence-electron chi connectivity index (χ4n) is 2.32. The Morgan fingerprint density at radius 3 is 2.52 bits per heavy atom. The highest BCUT2D eigenvalue weighted by Crippen LogP contribution is 2.19. The molecule has 0 aliphatic heterocycles. The lowest BCUT2D eigenvalue weighted by molar-refractivity contribution is -0.384. The molecular formula is C18H15N3O4. The molecule has 0 saturated heterocycles. The molecule has 0 unspecified atom stereocenters. The maximum atomic E-state index is 12.1. The Balaban J connectivity index is 1.54. The van der Waals surface area contributed by atoms with Gasteiger partial charge in [-0.05, 0) is 12.0 Å². The summed E-state index contributed by atoms with van der Waals surface area (Å²) in [6.45, 7) is 0.393. The van der Waals surface area contributed by atoms with Crippen LogP contribution in [0.25, 0.3) is 11.3 Å². The summed E-state index contributed by atoms with van der Waals surface area (Å²) in [7, 11) is 0. The molecule has 7 heteroatoms. The van der Waals surface area contributed by atoms with Crippen LogP contribution in [-0.2, 0) is 6.42 Å². The minimum atomic E-state index is -0.444. The maximum absolute atomic E-state index is 12.1. The number of aromatic nitrogens is 1. The van der Waals surface area contributed by atoms with E-state index in [1.54, 1.807) is 18.2 Å². The van der Waals surface area contributed by atoms with Crippen molar-refractivity contribution >= 4 is 11.6 Å². The average molecular weight is 337 g/mol. The van der Waals surface area contributed by atoms with Gasteiger partial charge in [-0.3, -0.25) is 14.9 Å². The number of nitro groups is 1. The lowest BCUT2D eigenvalue weighted by Gasteiger charge is -2.03. The van der Waals surface area contributed by atoms with Crippen molar-refractivity contribution in [3.8, 4) is 11.3 Å². The molecule has 0 aliphatic carbocycles. The predicted octanol–water partition coefficient (Wildman–Crippen LogP) is 3.22. The van der Waals surface area contributed by atoms with Crippen molar-refractivity contribution in [2.75, 3.05) is 6.54 Å². The van der Waals surface area contributed by atoms with E-state index in [1.165, 1.54) is 12.1 Å². The zero-order valence-electron chi connectivity index (χ0n) is 13.2. The van der Waals surface area contributed by atoms with Gasteiger partial charge in [-0.1, -0.05) is 47.6 Å². The number of benzene rings is 2. The van der Waals surface area contributed by atoms with Gasteiger partial charge in [-0.2, -0.15) is 0 Å². The summed E-state index contributed by atoms with van der Waals surface area (Å²) in [4.78, 5) is 22.3. The second-order valence-electron chi connectivity index (χ2n) is 5.37. The van der Waals surface area contributed by atoms with Gasteiger partial charge < -0.3 is 9.84 Å². The number of rotatable bonds is 6.